The Kier molecular flexibility index (Phi) is 5.46. The summed E-state index contributed by atoms with van der Waals surface area (Å²) in [5, 5.41) is 5.92. The number of carbonyl (C=O) groups is 3. The van der Waals surface area contributed by atoms with E-state index >= 15 is 0 Å². The van der Waals surface area contributed by atoms with Crippen LogP contribution >= 0.6 is 0 Å². The molecule has 4 rings (SSSR count). The molecule has 2 heterocycles. The number of nitrogens with zero attached hydrogens (tertiary/aromatic N) is 1. The van der Waals surface area contributed by atoms with Crippen LogP contribution in [0.3, 0.4) is 0 Å². The van der Waals surface area contributed by atoms with Gasteiger partial charge in [0.25, 0.3) is 5.91 Å². The first-order valence-electron chi connectivity index (χ1n) is 10.3. The van der Waals surface area contributed by atoms with Gasteiger partial charge in [0.15, 0.2) is 0 Å². The summed E-state index contributed by atoms with van der Waals surface area (Å²) in [6, 6.07) is 5.57. The van der Waals surface area contributed by atoms with Crippen LogP contribution in [-0.4, -0.2) is 41.2 Å². The topological polar surface area (TPSA) is 105 Å². The molecule has 3 amide bonds. The summed E-state index contributed by atoms with van der Waals surface area (Å²) in [6.45, 7) is 1.60. The van der Waals surface area contributed by atoms with Crippen molar-refractivity contribution in [2.24, 2.45) is 11.7 Å². The van der Waals surface area contributed by atoms with E-state index in [0.29, 0.717) is 37.5 Å². The standard InChI is InChI=1S/C21H28N4O3/c22-10-16(13-4-1-2-5-13)23-11-14-6-3-7-15-12-25(21(28)19(14)15)17-8-9-18(26)24-20(17)27/h3,6-7,13,16-17,23H,1-2,4-5,8-12,22H2,(H,24,26,27). The minimum atomic E-state index is -0.575. The second-order valence-corrected chi connectivity index (χ2v) is 8.12. The highest BCUT2D eigenvalue weighted by Crippen LogP contribution is 2.31. The number of carbonyl (C=O) groups excluding carboxylic acids is 3. The van der Waals surface area contributed by atoms with E-state index in [1.807, 2.05) is 18.2 Å². The molecule has 1 saturated carbocycles. The normalized spacial score (nSPS) is 23.8. The summed E-state index contributed by atoms with van der Waals surface area (Å²) in [4.78, 5) is 38.4. The number of hydrogen-bond donors (Lipinski definition) is 3. The Morgan fingerprint density at radius 3 is 2.68 bits per heavy atom. The molecule has 150 valence electrons. The molecule has 4 N–H and O–H groups in total. The first kappa shape index (κ1) is 19.1. The quantitative estimate of drug-likeness (QED) is 0.636. The van der Waals surface area contributed by atoms with Crippen LogP contribution in [0, 0.1) is 5.92 Å². The molecular formula is C21H28N4O3. The lowest BCUT2D eigenvalue weighted by Gasteiger charge is -2.29. The summed E-state index contributed by atoms with van der Waals surface area (Å²) in [5.74, 6) is -0.152. The number of rotatable bonds is 6. The maximum absolute atomic E-state index is 13.1. The minimum Gasteiger partial charge on any atom is -0.329 e. The van der Waals surface area contributed by atoms with Crippen molar-refractivity contribution >= 4 is 17.7 Å². The van der Waals surface area contributed by atoms with Crippen molar-refractivity contribution in [2.45, 2.75) is 63.7 Å². The molecule has 0 aromatic heterocycles. The van der Waals surface area contributed by atoms with E-state index in [-0.39, 0.29) is 30.2 Å². The number of nitrogens with two attached hydrogens (primary N) is 1. The fourth-order valence-electron chi connectivity index (χ4n) is 4.88. The molecule has 1 aromatic carbocycles. The van der Waals surface area contributed by atoms with Crippen molar-refractivity contribution in [2.75, 3.05) is 6.54 Å². The zero-order valence-corrected chi connectivity index (χ0v) is 16.1. The Labute approximate surface area is 165 Å². The van der Waals surface area contributed by atoms with Crippen LogP contribution in [0.15, 0.2) is 18.2 Å². The van der Waals surface area contributed by atoms with Crippen LogP contribution in [0.2, 0.25) is 0 Å². The van der Waals surface area contributed by atoms with Gasteiger partial charge >= 0.3 is 0 Å². The third kappa shape index (κ3) is 3.56. The van der Waals surface area contributed by atoms with E-state index in [2.05, 4.69) is 10.6 Å². The van der Waals surface area contributed by atoms with Gasteiger partial charge in [-0.15, -0.1) is 0 Å². The number of nitrogens with one attached hydrogen (secondary N) is 2. The maximum Gasteiger partial charge on any atom is 0.255 e. The van der Waals surface area contributed by atoms with Crippen LogP contribution in [0.4, 0.5) is 0 Å². The van der Waals surface area contributed by atoms with Crippen LogP contribution in [0.25, 0.3) is 0 Å². The van der Waals surface area contributed by atoms with Gasteiger partial charge in [-0.25, -0.2) is 0 Å². The molecule has 1 aliphatic carbocycles. The van der Waals surface area contributed by atoms with E-state index in [1.165, 1.54) is 25.7 Å². The van der Waals surface area contributed by atoms with Crippen molar-refractivity contribution in [1.82, 2.24) is 15.5 Å². The molecule has 0 bridgehead atoms. The van der Waals surface area contributed by atoms with Gasteiger partial charge < -0.3 is 16.0 Å². The van der Waals surface area contributed by atoms with Crippen molar-refractivity contribution in [3.05, 3.63) is 34.9 Å². The van der Waals surface area contributed by atoms with Gasteiger partial charge in [-0.2, -0.15) is 0 Å². The Morgan fingerprint density at radius 1 is 1.18 bits per heavy atom. The van der Waals surface area contributed by atoms with Crippen LogP contribution < -0.4 is 16.4 Å². The summed E-state index contributed by atoms with van der Waals surface area (Å²) in [7, 11) is 0. The molecule has 2 atom stereocenters. The molecule has 2 aliphatic heterocycles. The first-order chi connectivity index (χ1) is 13.6. The van der Waals surface area contributed by atoms with Crippen LogP contribution in [0.1, 0.15) is 60.0 Å². The van der Waals surface area contributed by atoms with Gasteiger partial charge in [-0.05, 0) is 36.3 Å². The Bertz CT molecular complexity index is 788. The lowest BCUT2D eigenvalue weighted by Crippen LogP contribution is -2.52. The number of fused-ring (bicyclic) bond motifs is 1. The highest BCUT2D eigenvalue weighted by Gasteiger charge is 2.40. The summed E-state index contributed by atoms with van der Waals surface area (Å²) < 4.78 is 0. The third-order valence-electron chi connectivity index (χ3n) is 6.42. The number of amides is 3. The average molecular weight is 384 g/mol. The van der Waals surface area contributed by atoms with Crippen molar-refractivity contribution in [3.8, 4) is 0 Å². The summed E-state index contributed by atoms with van der Waals surface area (Å²) in [5.41, 5.74) is 8.59. The predicted octanol–water partition coefficient (Wildman–Crippen LogP) is 1.05. The lowest BCUT2D eigenvalue weighted by molar-refractivity contribution is -0.136. The first-order valence-corrected chi connectivity index (χ1v) is 10.3. The molecule has 0 radical (unpaired) electrons. The van der Waals surface area contributed by atoms with Gasteiger partial charge in [-0.1, -0.05) is 31.0 Å². The molecule has 2 fully saturated rings. The number of piperidine rings is 1. The van der Waals surface area contributed by atoms with Crippen molar-refractivity contribution in [1.29, 1.82) is 0 Å². The van der Waals surface area contributed by atoms with Gasteiger partial charge in [0.2, 0.25) is 11.8 Å². The van der Waals surface area contributed by atoms with E-state index in [0.717, 1.165) is 11.1 Å². The molecule has 3 aliphatic rings. The zero-order chi connectivity index (χ0) is 19.7. The molecule has 0 spiro atoms. The predicted molar refractivity (Wildman–Crippen MR) is 104 cm³/mol. The molecule has 7 heteroatoms. The number of benzene rings is 1. The molecular weight excluding hydrogens is 356 g/mol. The van der Waals surface area contributed by atoms with E-state index in [1.54, 1.807) is 4.90 Å². The zero-order valence-electron chi connectivity index (χ0n) is 16.1. The van der Waals surface area contributed by atoms with E-state index in [4.69, 9.17) is 5.73 Å². The Hall–Kier alpha value is -2.25. The average Bonchev–Trinajstić information content (AvgIpc) is 3.32. The van der Waals surface area contributed by atoms with Gasteiger partial charge in [0, 0.05) is 37.7 Å². The second-order valence-electron chi connectivity index (χ2n) is 8.12. The third-order valence-corrected chi connectivity index (χ3v) is 6.42. The Morgan fingerprint density at radius 2 is 1.96 bits per heavy atom. The SMILES string of the molecule is NCC(NCc1cccc2c1C(=O)N(C1CCC(=O)NC1=O)C2)C1CCCC1. The highest BCUT2D eigenvalue weighted by molar-refractivity contribution is 6.05. The summed E-state index contributed by atoms with van der Waals surface area (Å²) >= 11 is 0. The fraction of sp³-hybridized carbons (Fsp3) is 0.571. The largest absolute Gasteiger partial charge is 0.329 e. The van der Waals surface area contributed by atoms with E-state index in [9.17, 15) is 14.4 Å². The Balaban J connectivity index is 1.48. The second kappa shape index (κ2) is 8.01. The van der Waals surface area contributed by atoms with Gasteiger partial charge in [0.1, 0.15) is 6.04 Å². The van der Waals surface area contributed by atoms with Crippen LogP contribution in [0.5, 0.6) is 0 Å². The van der Waals surface area contributed by atoms with Crippen LogP contribution in [-0.2, 0) is 22.7 Å². The number of imide groups is 1. The van der Waals surface area contributed by atoms with Crippen molar-refractivity contribution < 1.29 is 14.4 Å². The molecule has 1 aromatic rings. The van der Waals surface area contributed by atoms with Crippen molar-refractivity contribution in [3.63, 3.8) is 0 Å². The van der Waals surface area contributed by atoms with E-state index < -0.39 is 6.04 Å². The minimum absolute atomic E-state index is 0.118. The van der Waals surface area contributed by atoms with Gasteiger partial charge in [0.05, 0.1) is 0 Å². The number of hydrogen-bond acceptors (Lipinski definition) is 5. The fourth-order valence-corrected chi connectivity index (χ4v) is 4.88. The smallest absolute Gasteiger partial charge is 0.255 e. The van der Waals surface area contributed by atoms with Gasteiger partial charge in [-0.3, -0.25) is 19.7 Å². The lowest BCUT2D eigenvalue weighted by atomic mass is 9.97. The molecule has 7 nitrogen and oxygen atoms in total. The summed E-state index contributed by atoms with van der Waals surface area (Å²) in [6.07, 6.45) is 5.61. The highest BCUT2D eigenvalue weighted by atomic mass is 16.2. The molecule has 2 unspecified atom stereocenters. The monoisotopic (exact) mass is 384 g/mol. The molecule has 28 heavy (non-hydrogen) atoms. The maximum atomic E-state index is 13.1. The molecule has 1 saturated heterocycles.